The van der Waals surface area contributed by atoms with Gasteiger partial charge < -0.3 is 9.47 Å². The summed E-state index contributed by atoms with van der Waals surface area (Å²) in [7, 11) is 3.20. The third kappa shape index (κ3) is 2.55. The number of Topliss-reactive ketones (excluding diaryl/α,β-unsaturated/α-hetero) is 1. The first-order chi connectivity index (χ1) is 7.51. The molecule has 1 rings (SSSR count). The van der Waals surface area contributed by atoms with Gasteiger partial charge in [0.1, 0.15) is 17.3 Å². The number of methoxy groups -OCH3 is 2. The van der Waals surface area contributed by atoms with Crippen molar-refractivity contribution < 1.29 is 14.3 Å². The highest BCUT2D eigenvalue weighted by Crippen LogP contribution is 2.38. The minimum absolute atomic E-state index is 0.0879. The maximum absolute atomic E-state index is 11.2. The number of benzene rings is 1. The van der Waals surface area contributed by atoms with Gasteiger partial charge in [0, 0.05) is 12.0 Å². The van der Waals surface area contributed by atoms with Gasteiger partial charge in [-0.3, -0.25) is 4.79 Å². The molecular weight excluding hydrogens is 272 g/mol. The summed E-state index contributed by atoms with van der Waals surface area (Å²) in [6, 6.07) is 1.88. The van der Waals surface area contributed by atoms with Gasteiger partial charge in [-0.15, -0.1) is 0 Å². The van der Waals surface area contributed by atoms with Gasteiger partial charge in [-0.25, -0.2) is 0 Å². The number of ether oxygens (including phenoxy) is 2. The Morgan fingerprint density at radius 1 is 1.38 bits per heavy atom. The molecule has 1 aromatic carbocycles. The molecule has 0 aliphatic rings. The first-order valence-electron chi connectivity index (χ1n) is 4.90. The number of carbonyl (C=O) groups excluding carboxylic acids is 1. The molecule has 0 atom stereocenters. The maximum Gasteiger partial charge on any atom is 0.136 e. The van der Waals surface area contributed by atoms with E-state index in [1.165, 1.54) is 0 Å². The van der Waals surface area contributed by atoms with Crippen LogP contribution in [0.2, 0.25) is 0 Å². The Labute approximate surface area is 104 Å². The zero-order valence-corrected chi connectivity index (χ0v) is 11.5. The Bertz CT molecular complexity index is 413. The molecule has 0 heterocycles. The SMILES string of the molecule is COc1cc(C)c(OC)c(Br)c1CC(C)=O. The van der Waals surface area contributed by atoms with Crippen molar-refractivity contribution in [3.63, 3.8) is 0 Å². The lowest BCUT2D eigenvalue weighted by molar-refractivity contribution is -0.116. The van der Waals surface area contributed by atoms with Crippen molar-refractivity contribution in [3.8, 4) is 11.5 Å². The predicted molar refractivity (Wildman–Crippen MR) is 66.4 cm³/mol. The van der Waals surface area contributed by atoms with Gasteiger partial charge in [-0.1, -0.05) is 0 Å². The molecule has 0 aliphatic heterocycles. The van der Waals surface area contributed by atoms with Crippen LogP contribution in [-0.2, 0) is 11.2 Å². The molecule has 3 nitrogen and oxygen atoms in total. The molecule has 0 saturated carbocycles. The zero-order valence-electron chi connectivity index (χ0n) is 9.89. The van der Waals surface area contributed by atoms with E-state index in [1.807, 2.05) is 13.0 Å². The van der Waals surface area contributed by atoms with E-state index in [9.17, 15) is 4.79 Å². The highest BCUT2D eigenvalue weighted by Gasteiger charge is 2.16. The third-order valence-corrected chi connectivity index (χ3v) is 3.16. The zero-order chi connectivity index (χ0) is 12.3. The average molecular weight is 287 g/mol. The van der Waals surface area contributed by atoms with Crippen LogP contribution >= 0.6 is 15.9 Å². The summed E-state index contributed by atoms with van der Waals surface area (Å²) in [4.78, 5) is 11.2. The standard InChI is InChI=1S/C12H15BrO3/c1-7-5-10(15-3)9(6-8(2)14)11(13)12(7)16-4/h5H,6H2,1-4H3. The Kier molecular flexibility index (Phi) is 4.35. The van der Waals surface area contributed by atoms with E-state index >= 15 is 0 Å². The van der Waals surface area contributed by atoms with Gasteiger partial charge in [0.05, 0.1) is 18.7 Å². The van der Waals surface area contributed by atoms with Gasteiger partial charge >= 0.3 is 0 Å². The summed E-state index contributed by atoms with van der Waals surface area (Å²) in [6.07, 6.45) is 0.334. The van der Waals surface area contributed by atoms with Crippen molar-refractivity contribution in [3.05, 3.63) is 21.7 Å². The number of hydrogen-bond acceptors (Lipinski definition) is 3. The summed E-state index contributed by atoms with van der Waals surface area (Å²) in [5.74, 6) is 1.54. The smallest absolute Gasteiger partial charge is 0.136 e. The van der Waals surface area contributed by atoms with E-state index in [2.05, 4.69) is 15.9 Å². The molecule has 0 unspecified atom stereocenters. The fourth-order valence-corrected chi connectivity index (χ4v) is 2.42. The molecule has 88 valence electrons. The fraction of sp³-hybridized carbons (Fsp3) is 0.417. The highest BCUT2D eigenvalue weighted by atomic mass is 79.9. The van der Waals surface area contributed by atoms with Crippen LogP contribution in [0.1, 0.15) is 18.1 Å². The molecule has 4 heteroatoms. The number of carbonyl (C=O) groups is 1. The van der Waals surface area contributed by atoms with Crippen LogP contribution in [0.15, 0.2) is 10.5 Å². The molecule has 0 spiro atoms. The molecule has 1 aromatic rings. The Balaban J connectivity index is 3.37. The maximum atomic E-state index is 11.2. The van der Waals surface area contributed by atoms with E-state index in [-0.39, 0.29) is 5.78 Å². The highest BCUT2D eigenvalue weighted by molar-refractivity contribution is 9.10. The molecule has 0 fully saturated rings. The van der Waals surface area contributed by atoms with Crippen molar-refractivity contribution in [2.24, 2.45) is 0 Å². The van der Waals surface area contributed by atoms with Gasteiger partial charge in [-0.05, 0) is 41.4 Å². The number of rotatable bonds is 4. The molecule has 16 heavy (non-hydrogen) atoms. The summed E-state index contributed by atoms with van der Waals surface area (Å²) < 4.78 is 11.3. The van der Waals surface area contributed by atoms with Crippen LogP contribution < -0.4 is 9.47 Å². The van der Waals surface area contributed by atoms with E-state index in [0.29, 0.717) is 12.2 Å². The summed E-state index contributed by atoms with van der Waals surface area (Å²) in [5.41, 5.74) is 1.80. The molecule has 0 bridgehead atoms. The Hall–Kier alpha value is -1.03. The number of hydrogen-bond donors (Lipinski definition) is 0. The molecular formula is C12H15BrO3. The normalized spacial score (nSPS) is 10.1. The fourth-order valence-electron chi connectivity index (χ4n) is 1.61. The quantitative estimate of drug-likeness (QED) is 0.854. The van der Waals surface area contributed by atoms with Gasteiger partial charge in [-0.2, -0.15) is 0 Å². The summed E-state index contributed by atoms with van der Waals surface area (Å²) >= 11 is 3.46. The van der Waals surface area contributed by atoms with Crippen LogP contribution in [0.5, 0.6) is 11.5 Å². The number of halogens is 1. The lowest BCUT2D eigenvalue weighted by Crippen LogP contribution is -2.03. The monoisotopic (exact) mass is 286 g/mol. The first-order valence-corrected chi connectivity index (χ1v) is 5.70. The number of ketones is 1. The molecule has 0 saturated heterocycles. The van der Waals surface area contributed by atoms with E-state index in [1.54, 1.807) is 21.1 Å². The first kappa shape index (κ1) is 13.0. The second-order valence-electron chi connectivity index (χ2n) is 3.60. The molecule has 0 radical (unpaired) electrons. The predicted octanol–water partition coefficient (Wildman–Crippen LogP) is 2.91. The van der Waals surface area contributed by atoms with Crippen LogP contribution in [0.4, 0.5) is 0 Å². The Morgan fingerprint density at radius 2 is 2.00 bits per heavy atom. The van der Waals surface area contributed by atoms with Gasteiger partial charge in [0.25, 0.3) is 0 Å². The Morgan fingerprint density at radius 3 is 2.44 bits per heavy atom. The van der Waals surface area contributed by atoms with Crippen LogP contribution in [-0.4, -0.2) is 20.0 Å². The molecule has 0 aromatic heterocycles. The van der Waals surface area contributed by atoms with Gasteiger partial charge in [0.2, 0.25) is 0 Å². The molecule has 0 amide bonds. The summed E-state index contributed by atoms with van der Waals surface area (Å²) in [5, 5.41) is 0. The largest absolute Gasteiger partial charge is 0.496 e. The minimum Gasteiger partial charge on any atom is -0.496 e. The minimum atomic E-state index is 0.0879. The van der Waals surface area contributed by atoms with Crippen LogP contribution in [0.3, 0.4) is 0 Å². The summed E-state index contributed by atoms with van der Waals surface area (Å²) in [6.45, 7) is 3.49. The van der Waals surface area contributed by atoms with Crippen LogP contribution in [0, 0.1) is 6.92 Å². The second-order valence-corrected chi connectivity index (χ2v) is 4.39. The molecule has 0 N–H and O–H groups in total. The van der Waals surface area contributed by atoms with Gasteiger partial charge in [0.15, 0.2) is 0 Å². The van der Waals surface area contributed by atoms with E-state index in [4.69, 9.17) is 9.47 Å². The lowest BCUT2D eigenvalue weighted by Gasteiger charge is -2.15. The van der Waals surface area contributed by atoms with E-state index in [0.717, 1.165) is 21.3 Å². The van der Waals surface area contributed by atoms with Crippen molar-refractivity contribution in [2.75, 3.05) is 14.2 Å². The van der Waals surface area contributed by atoms with Crippen molar-refractivity contribution in [1.29, 1.82) is 0 Å². The van der Waals surface area contributed by atoms with Crippen molar-refractivity contribution >= 4 is 21.7 Å². The topological polar surface area (TPSA) is 35.5 Å². The van der Waals surface area contributed by atoms with Crippen molar-refractivity contribution in [1.82, 2.24) is 0 Å². The van der Waals surface area contributed by atoms with Crippen LogP contribution in [0.25, 0.3) is 0 Å². The third-order valence-electron chi connectivity index (χ3n) is 2.32. The molecule has 0 aliphatic carbocycles. The van der Waals surface area contributed by atoms with Crippen molar-refractivity contribution in [2.45, 2.75) is 20.3 Å². The average Bonchev–Trinajstić information content (AvgIpc) is 2.22. The lowest BCUT2D eigenvalue weighted by atomic mass is 10.0. The second kappa shape index (κ2) is 5.34. The van der Waals surface area contributed by atoms with E-state index < -0.39 is 0 Å². The number of aryl methyl sites for hydroxylation is 1.